The molecule has 1 atom stereocenters. The van der Waals surface area contributed by atoms with Gasteiger partial charge in [0, 0.05) is 39.3 Å². The van der Waals surface area contributed by atoms with Crippen LogP contribution < -0.4 is 10.2 Å². The molecule has 2 aliphatic rings. The second-order valence-electron chi connectivity index (χ2n) is 7.04. The van der Waals surface area contributed by atoms with Crippen LogP contribution >= 0.6 is 0 Å². The van der Waals surface area contributed by atoms with E-state index in [1.807, 2.05) is 4.90 Å². The zero-order valence-corrected chi connectivity index (χ0v) is 16.5. The van der Waals surface area contributed by atoms with Gasteiger partial charge in [-0.15, -0.1) is 0 Å². The van der Waals surface area contributed by atoms with Gasteiger partial charge >= 0.3 is 0 Å². The molecule has 2 saturated heterocycles. The van der Waals surface area contributed by atoms with E-state index < -0.39 is 15.7 Å². The van der Waals surface area contributed by atoms with Gasteiger partial charge in [0.25, 0.3) is 0 Å². The number of guanidine groups is 1. The van der Waals surface area contributed by atoms with E-state index in [4.69, 9.17) is 4.99 Å². The van der Waals surface area contributed by atoms with Crippen LogP contribution in [0.1, 0.15) is 19.8 Å². The Morgan fingerprint density at radius 3 is 2.59 bits per heavy atom. The van der Waals surface area contributed by atoms with Crippen LogP contribution in [0.4, 0.5) is 10.3 Å². The third-order valence-corrected chi connectivity index (χ3v) is 6.66. The van der Waals surface area contributed by atoms with Crippen LogP contribution in [0.3, 0.4) is 0 Å². The highest BCUT2D eigenvalue weighted by atomic mass is 32.2. The van der Waals surface area contributed by atoms with Crippen molar-refractivity contribution >= 4 is 21.7 Å². The standard InChI is InChI=1S/C17H27FN6O2S/c1-2-4-19-16(20-10-14-3-9-27(25,26)13-14)23-5-7-24(8-6-23)17-21-11-15(18)12-22-17/h11-12,14H,2-10,13H2,1H3,(H,19,20). The predicted molar refractivity (Wildman–Crippen MR) is 103 cm³/mol. The van der Waals surface area contributed by atoms with Gasteiger partial charge in [-0.3, -0.25) is 4.99 Å². The molecule has 27 heavy (non-hydrogen) atoms. The van der Waals surface area contributed by atoms with Gasteiger partial charge < -0.3 is 15.1 Å². The van der Waals surface area contributed by atoms with E-state index in [9.17, 15) is 12.8 Å². The van der Waals surface area contributed by atoms with Crippen molar-refractivity contribution in [3.8, 4) is 0 Å². The highest BCUT2D eigenvalue weighted by molar-refractivity contribution is 7.91. The summed E-state index contributed by atoms with van der Waals surface area (Å²) in [6.07, 6.45) is 4.04. The molecule has 2 fully saturated rings. The maximum atomic E-state index is 13.0. The molecule has 0 bridgehead atoms. The quantitative estimate of drug-likeness (QED) is 0.571. The summed E-state index contributed by atoms with van der Waals surface area (Å²) in [5.41, 5.74) is 0. The van der Waals surface area contributed by atoms with Gasteiger partial charge in [0.05, 0.1) is 23.9 Å². The second-order valence-corrected chi connectivity index (χ2v) is 9.26. The number of aromatic nitrogens is 2. The lowest BCUT2D eigenvalue weighted by molar-refractivity contribution is 0.368. The molecule has 1 aromatic rings. The Balaban J connectivity index is 1.58. The number of anilines is 1. The Morgan fingerprint density at radius 2 is 2.00 bits per heavy atom. The Bertz CT molecular complexity index is 747. The van der Waals surface area contributed by atoms with Crippen molar-refractivity contribution in [1.82, 2.24) is 20.2 Å². The molecule has 0 aliphatic carbocycles. The minimum atomic E-state index is -2.88. The summed E-state index contributed by atoms with van der Waals surface area (Å²) in [7, 11) is -2.88. The van der Waals surface area contributed by atoms with Gasteiger partial charge in [0.15, 0.2) is 21.6 Å². The van der Waals surface area contributed by atoms with E-state index in [1.54, 1.807) is 0 Å². The topological polar surface area (TPSA) is 90.8 Å². The van der Waals surface area contributed by atoms with Crippen molar-refractivity contribution in [1.29, 1.82) is 0 Å². The van der Waals surface area contributed by atoms with E-state index in [-0.39, 0.29) is 17.4 Å². The fourth-order valence-corrected chi connectivity index (χ4v) is 5.17. The van der Waals surface area contributed by atoms with Gasteiger partial charge in [0.2, 0.25) is 5.95 Å². The summed E-state index contributed by atoms with van der Waals surface area (Å²) in [6.45, 7) is 6.39. The van der Waals surface area contributed by atoms with Crippen molar-refractivity contribution in [2.24, 2.45) is 10.9 Å². The van der Waals surface area contributed by atoms with E-state index in [2.05, 4.69) is 27.1 Å². The van der Waals surface area contributed by atoms with Crippen molar-refractivity contribution in [2.75, 3.05) is 55.7 Å². The van der Waals surface area contributed by atoms with Gasteiger partial charge in [-0.25, -0.2) is 22.8 Å². The molecule has 8 nitrogen and oxygen atoms in total. The summed E-state index contributed by atoms with van der Waals surface area (Å²) in [5, 5.41) is 3.37. The number of nitrogens with one attached hydrogen (secondary N) is 1. The summed E-state index contributed by atoms with van der Waals surface area (Å²) < 4.78 is 36.3. The molecule has 1 unspecified atom stereocenters. The number of rotatable bonds is 5. The number of piperazine rings is 1. The molecule has 1 N–H and O–H groups in total. The number of aliphatic imine (C=N–C) groups is 1. The first-order valence-corrected chi connectivity index (χ1v) is 11.2. The fraction of sp³-hybridized carbons (Fsp3) is 0.706. The Hall–Kier alpha value is -1.97. The predicted octanol–water partition coefficient (Wildman–Crippen LogP) is 0.528. The SMILES string of the molecule is CCCNC(=NCC1CCS(=O)(=O)C1)N1CCN(c2ncc(F)cn2)CC1. The van der Waals surface area contributed by atoms with Crippen LogP contribution in [0.15, 0.2) is 17.4 Å². The molecule has 3 heterocycles. The summed E-state index contributed by atoms with van der Waals surface area (Å²) in [6, 6.07) is 0. The van der Waals surface area contributed by atoms with E-state index in [1.165, 1.54) is 12.4 Å². The zero-order valence-electron chi connectivity index (χ0n) is 15.6. The highest BCUT2D eigenvalue weighted by Gasteiger charge is 2.28. The van der Waals surface area contributed by atoms with E-state index in [0.717, 1.165) is 45.1 Å². The maximum Gasteiger partial charge on any atom is 0.225 e. The maximum absolute atomic E-state index is 13.0. The first-order valence-electron chi connectivity index (χ1n) is 9.43. The minimum Gasteiger partial charge on any atom is -0.356 e. The molecule has 0 aromatic carbocycles. The number of hydrogen-bond donors (Lipinski definition) is 1. The lowest BCUT2D eigenvalue weighted by Gasteiger charge is -2.36. The normalized spacial score (nSPS) is 22.9. The monoisotopic (exact) mass is 398 g/mol. The van der Waals surface area contributed by atoms with Crippen molar-refractivity contribution in [3.63, 3.8) is 0 Å². The molecule has 2 aliphatic heterocycles. The average Bonchev–Trinajstić information content (AvgIpc) is 3.02. The minimum absolute atomic E-state index is 0.113. The van der Waals surface area contributed by atoms with Gasteiger partial charge in [-0.05, 0) is 18.8 Å². The third kappa shape index (κ3) is 5.50. The van der Waals surface area contributed by atoms with Crippen LogP contribution in [0.5, 0.6) is 0 Å². The molecule has 150 valence electrons. The number of sulfone groups is 1. The lowest BCUT2D eigenvalue weighted by atomic mass is 10.1. The Labute approximate surface area is 159 Å². The molecular formula is C17H27FN6O2S. The number of hydrogen-bond acceptors (Lipinski definition) is 6. The van der Waals surface area contributed by atoms with Crippen molar-refractivity contribution in [3.05, 3.63) is 18.2 Å². The van der Waals surface area contributed by atoms with Crippen LogP contribution in [-0.4, -0.2) is 80.0 Å². The van der Waals surface area contributed by atoms with Crippen LogP contribution in [0.2, 0.25) is 0 Å². The van der Waals surface area contributed by atoms with Crippen molar-refractivity contribution < 1.29 is 12.8 Å². The number of nitrogens with zero attached hydrogens (tertiary/aromatic N) is 5. The molecule has 0 spiro atoms. The largest absolute Gasteiger partial charge is 0.356 e. The molecule has 0 radical (unpaired) electrons. The third-order valence-electron chi connectivity index (χ3n) is 4.83. The van der Waals surface area contributed by atoms with E-state index in [0.29, 0.717) is 18.9 Å². The van der Waals surface area contributed by atoms with Crippen molar-refractivity contribution in [2.45, 2.75) is 19.8 Å². The Kier molecular flexibility index (Phi) is 6.46. The number of halogens is 1. The highest BCUT2D eigenvalue weighted by Crippen LogP contribution is 2.19. The first-order chi connectivity index (χ1) is 13.0. The average molecular weight is 399 g/mol. The first kappa shape index (κ1) is 19.8. The van der Waals surface area contributed by atoms with Gasteiger partial charge in [-0.1, -0.05) is 6.92 Å². The van der Waals surface area contributed by atoms with Crippen LogP contribution in [-0.2, 0) is 9.84 Å². The van der Waals surface area contributed by atoms with E-state index >= 15 is 0 Å². The molecule has 10 heteroatoms. The molecular weight excluding hydrogens is 371 g/mol. The van der Waals surface area contributed by atoms with Crippen LogP contribution in [0.25, 0.3) is 0 Å². The fourth-order valence-electron chi connectivity index (χ4n) is 3.32. The zero-order chi connectivity index (χ0) is 19.3. The summed E-state index contributed by atoms with van der Waals surface area (Å²) in [4.78, 5) is 17.0. The summed E-state index contributed by atoms with van der Waals surface area (Å²) in [5.74, 6) is 1.56. The molecule has 0 saturated carbocycles. The van der Waals surface area contributed by atoms with Crippen LogP contribution in [0, 0.1) is 11.7 Å². The molecule has 1 aromatic heterocycles. The molecule has 3 rings (SSSR count). The van der Waals surface area contributed by atoms with Gasteiger partial charge in [-0.2, -0.15) is 0 Å². The van der Waals surface area contributed by atoms with Gasteiger partial charge in [0.1, 0.15) is 0 Å². The Morgan fingerprint density at radius 1 is 1.30 bits per heavy atom. The second kappa shape index (κ2) is 8.81. The molecule has 0 amide bonds. The summed E-state index contributed by atoms with van der Waals surface area (Å²) >= 11 is 0. The lowest BCUT2D eigenvalue weighted by Crippen LogP contribution is -2.53. The smallest absolute Gasteiger partial charge is 0.225 e.